The normalized spacial score (nSPS) is 19.2. The van der Waals surface area contributed by atoms with Crippen molar-refractivity contribution >= 4 is 5.78 Å². The zero-order valence-corrected chi connectivity index (χ0v) is 11.1. The van der Waals surface area contributed by atoms with Crippen LogP contribution in [0.25, 0.3) is 0 Å². The molecule has 0 radical (unpaired) electrons. The Labute approximate surface area is 109 Å². The van der Waals surface area contributed by atoms with E-state index >= 15 is 0 Å². The molecule has 0 bridgehead atoms. The molecule has 1 fully saturated rings. The van der Waals surface area contributed by atoms with Crippen molar-refractivity contribution in [2.75, 3.05) is 27.2 Å². The summed E-state index contributed by atoms with van der Waals surface area (Å²) in [7, 11) is 3.91. The van der Waals surface area contributed by atoms with Crippen LogP contribution in [0.5, 0.6) is 0 Å². The quantitative estimate of drug-likeness (QED) is 0.759. The van der Waals surface area contributed by atoms with Crippen molar-refractivity contribution in [3.63, 3.8) is 0 Å². The van der Waals surface area contributed by atoms with Gasteiger partial charge in [0, 0.05) is 51.9 Å². The maximum atomic E-state index is 11.8. The van der Waals surface area contributed by atoms with E-state index in [-0.39, 0.29) is 5.78 Å². The van der Waals surface area contributed by atoms with Crippen LogP contribution in [0.4, 0.5) is 0 Å². The second-order valence-corrected chi connectivity index (χ2v) is 4.99. The number of Topliss-reactive ketones (excluding diaryl/α,β-unsaturated/α-hetero) is 1. The number of carbonyl (C=O) groups excluding carboxylic acids is 1. The molecule has 0 N–H and O–H groups in total. The first kappa shape index (κ1) is 12.8. The van der Waals surface area contributed by atoms with Gasteiger partial charge in [-0.2, -0.15) is 0 Å². The van der Waals surface area contributed by atoms with E-state index in [2.05, 4.69) is 29.2 Å². The van der Waals surface area contributed by atoms with Gasteiger partial charge in [-0.25, -0.2) is 0 Å². The Morgan fingerprint density at radius 3 is 2.67 bits per heavy atom. The smallest absolute Gasteiger partial charge is 0.162 e. The summed E-state index contributed by atoms with van der Waals surface area (Å²) in [4.78, 5) is 16.1. The first-order chi connectivity index (χ1) is 8.65. The molecule has 0 amide bonds. The molecule has 1 aliphatic heterocycles. The number of rotatable bonds is 3. The van der Waals surface area contributed by atoms with Crippen LogP contribution in [0.1, 0.15) is 12.0 Å². The van der Waals surface area contributed by atoms with Gasteiger partial charge in [0.15, 0.2) is 5.78 Å². The molecule has 0 atom stereocenters. The largest absolute Gasteiger partial charge is 0.383 e. The number of nitrogens with zero attached hydrogens (tertiary/aromatic N) is 2. The van der Waals surface area contributed by atoms with E-state index < -0.39 is 0 Å². The SMILES string of the molecule is CN(C)/C=C1/CN(Cc2ccccc2)CCC1=O. The highest BCUT2D eigenvalue weighted by Crippen LogP contribution is 2.15. The Hall–Kier alpha value is -1.61. The summed E-state index contributed by atoms with van der Waals surface area (Å²) in [6.45, 7) is 2.53. The highest BCUT2D eigenvalue weighted by Gasteiger charge is 2.21. The van der Waals surface area contributed by atoms with Crippen molar-refractivity contribution in [1.29, 1.82) is 0 Å². The zero-order chi connectivity index (χ0) is 13.0. The highest BCUT2D eigenvalue weighted by molar-refractivity contribution is 5.96. The third-order valence-corrected chi connectivity index (χ3v) is 3.07. The average molecular weight is 244 g/mol. The summed E-state index contributed by atoms with van der Waals surface area (Å²) >= 11 is 0. The molecule has 1 aliphatic rings. The second-order valence-electron chi connectivity index (χ2n) is 4.99. The van der Waals surface area contributed by atoms with E-state index in [0.29, 0.717) is 6.42 Å². The van der Waals surface area contributed by atoms with E-state index in [9.17, 15) is 4.79 Å². The van der Waals surface area contributed by atoms with Crippen molar-refractivity contribution in [3.8, 4) is 0 Å². The van der Waals surface area contributed by atoms with Gasteiger partial charge in [0.1, 0.15) is 0 Å². The number of benzene rings is 1. The van der Waals surface area contributed by atoms with Gasteiger partial charge >= 0.3 is 0 Å². The van der Waals surface area contributed by atoms with Crippen molar-refractivity contribution in [2.24, 2.45) is 0 Å². The summed E-state index contributed by atoms with van der Waals surface area (Å²) in [5, 5.41) is 0. The van der Waals surface area contributed by atoms with Crippen LogP contribution in [0.3, 0.4) is 0 Å². The summed E-state index contributed by atoms with van der Waals surface area (Å²) in [5.74, 6) is 0.285. The number of carbonyl (C=O) groups is 1. The molecule has 0 unspecified atom stereocenters. The standard InChI is InChI=1S/C15H20N2O/c1-16(2)11-14-12-17(9-8-15(14)18)10-13-6-4-3-5-7-13/h3-7,11H,8-10,12H2,1-2H3/b14-11-. The third kappa shape index (κ3) is 3.44. The van der Waals surface area contributed by atoms with Crippen LogP contribution in [0.15, 0.2) is 42.1 Å². The molecule has 2 rings (SSSR count). The average Bonchev–Trinajstić information content (AvgIpc) is 2.34. The zero-order valence-electron chi connectivity index (χ0n) is 11.1. The van der Waals surface area contributed by atoms with Gasteiger partial charge in [-0.15, -0.1) is 0 Å². The Morgan fingerprint density at radius 2 is 2.00 bits per heavy atom. The maximum absolute atomic E-state index is 11.8. The Balaban J connectivity index is 2.02. The lowest BCUT2D eigenvalue weighted by Gasteiger charge is -2.28. The number of piperidine rings is 1. The van der Waals surface area contributed by atoms with Crippen LogP contribution >= 0.6 is 0 Å². The lowest BCUT2D eigenvalue weighted by molar-refractivity contribution is -0.117. The topological polar surface area (TPSA) is 23.6 Å². The number of ketones is 1. The summed E-state index contributed by atoms with van der Waals surface area (Å²) in [6, 6.07) is 10.4. The van der Waals surface area contributed by atoms with Crippen LogP contribution in [-0.2, 0) is 11.3 Å². The lowest BCUT2D eigenvalue weighted by atomic mass is 10.0. The van der Waals surface area contributed by atoms with Gasteiger partial charge in [-0.05, 0) is 5.56 Å². The minimum absolute atomic E-state index is 0.285. The fraction of sp³-hybridized carbons (Fsp3) is 0.400. The molecule has 0 spiro atoms. The fourth-order valence-corrected chi connectivity index (χ4v) is 2.23. The Bertz CT molecular complexity index is 437. The van der Waals surface area contributed by atoms with Crippen molar-refractivity contribution in [1.82, 2.24) is 9.80 Å². The van der Waals surface area contributed by atoms with E-state index in [0.717, 1.165) is 25.2 Å². The molecule has 1 aromatic carbocycles. The van der Waals surface area contributed by atoms with Gasteiger partial charge in [0.2, 0.25) is 0 Å². The van der Waals surface area contributed by atoms with Crippen molar-refractivity contribution in [3.05, 3.63) is 47.7 Å². The minimum Gasteiger partial charge on any atom is -0.383 e. The second kappa shape index (κ2) is 5.83. The van der Waals surface area contributed by atoms with Gasteiger partial charge in [-0.3, -0.25) is 9.69 Å². The van der Waals surface area contributed by atoms with E-state index in [1.807, 2.05) is 31.3 Å². The molecular weight excluding hydrogens is 224 g/mol. The molecule has 96 valence electrons. The molecule has 0 aromatic heterocycles. The van der Waals surface area contributed by atoms with Gasteiger partial charge in [0.05, 0.1) is 0 Å². The molecule has 3 heteroatoms. The molecule has 1 saturated heterocycles. The van der Waals surface area contributed by atoms with Gasteiger partial charge in [0.25, 0.3) is 0 Å². The van der Waals surface area contributed by atoms with E-state index in [1.165, 1.54) is 5.56 Å². The molecule has 0 saturated carbocycles. The first-order valence-electron chi connectivity index (χ1n) is 6.32. The molecule has 18 heavy (non-hydrogen) atoms. The maximum Gasteiger partial charge on any atom is 0.162 e. The van der Waals surface area contributed by atoms with Crippen LogP contribution in [0, 0.1) is 0 Å². The summed E-state index contributed by atoms with van der Waals surface area (Å²) in [5.41, 5.74) is 2.22. The highest BCUT2D eigenvalue weighted by atomic mass is 16.1. The molecular formula is C15H20N2O. The number of hydrogen-bond acceptors (Lipinski definition) is 3. The van der Waals surface area contributed by atoms with Crippen molar-refractivity contribution in [2.45, 2.75) is 13.0 Å². The Morgan fingerprint density at radius 1 is 1.28 bits per heavy atom. The fourth-order valence-electron chi connectivity index (χ4n) is 2.23. The predicted octanol–water partition coefficient (Wildman–Crippen LogP) is 1.91. The predicted molar refractivity (Wildman–Crippen MR) is 73.1 cm³/mol. The van der Waals surface area contributed by atoms with Crippen LogP contribution in [0.2, 0.25) is 0 Å². The minimum atomic E-state index is 0.285. The van der Waals surface area contributed by atoms with Crippen LogP contribution < -0.4 is 0 Å². The number of hydrogen-bond donors (Lipinski definition) is 0. The molecule has 0 aliphatic carbocycles. The van der Waals surface area contributed by atoms with Gasteiger partial charge < -0.3 is 4.90 Å². The monoisotopic (exact) mass is 244 g/mol. The Kier molecular flexibility index (Phi) is 4.15. The molecule has 1 heterocycles. The molecule has 3 nitrogen and oxygen atoms in total. The van der Waals surface area contributed by atoms with Gasteiger partial charge in [-0.1, -0.05) is 30.3 Å². The number of likely N-dealkylation sites (tertiary alicyclic amines) is 1. The van der Waals surface area contributed by atoms with Crippen molar-refractivity contribution < 1.29 is 4.79 Å². The van der Waals surface area contributed by atoms with E-state index in [4.69, 9.17) is 0 Å². The van der Waals surface area contributed by atoms with E-state index in [1.54, 1.807) is 0 Å². The van der Waals surface area contributed by atoms with Crippen LogP contribution in [-0.4, -0.2) is 42.8 Å². The first-order valence-corrected chi connectivity index (χ1v) is 6.32. The molecule has 1 aromatic rings. The lowest BCUT2D eigenvalue weighted by Crippen LogP contribution is -2.35. The summed E-state index contributed by atoms with van der Waals surface area (Å²) in [6.07, 6.45) is 2.58. The third-order valence-electron chi connectivity index (χ3n) is 3.07. The summed E-state index contributed by atoms with van der Waals surface area (Å²) < 4.78 is 0.